The molecule has 8 N–H and O–H groups in total. The van der Waals surface area contributed by atoms with Crippen LogP contribution >= 0.6 is 0 Å². The molecule has 11 nitrogen and oxygen atoms in total. The molecule has 1 aliphatic rings. The molecule has 1 amide bonds. The fourth-order valence-corrected chi connectivity index (χ4v) is 9.91. The molecule has 0 radical (unpaired) electrons. The molecule has 0 aliphatic carbocycles. The molecule has 9 atom stereocenters. The third-order valence-corrected chi connectivity index (χ3v) is 14.8. The SMILES string of the molecule is CCCCCCCCCCCCCC/C=C\CCCCCCCCCCCCCCCCC(O)C(=O)NC(COC1OC(CO)C(O)C(O)C1O)C(O)C(O)CCCCCCCCCCCCCCC. The maximum atomic E-state index is 13.2. The number of rotatable bonds is 52. The molecule has 0 spiro atoms. The van der Waals surface area contributed by atoms with E-state index in [0.717, 1.165) is 38.5 Å². The van der Waals surface area contributed by atoms with E-state index in [1.54, 1.807) is 0 Å². The lowest BCUT2D eigenvalue weighted by Gasteiger charge is -2.40. The van der Waals surface area contributed by atoms with Crippen LogP contribution in [0.1, 0.15) is 290 Å². The van der Waals surface area contributed by atoms with E-state index in [2.05, 4.69) is 31.3 Å². The molecular weight excluding hydrogens is 883 g/mol. The van der Waals surface area contributed by atoms with Crippen LogP contribution in [-0.4, -0.2) is 110 Å². The van der Waals surface area contributed by atoms with Crippen LogP contribution in [0, 0.1) is 0 Å². The molecule has 416 valence electrons. The fraction of sp³-hybridized carbons (Fsp3) is 0.949. The van der Waals surface area contributed by atoms with Gasteiger partial charge in [0.05, 0.1) is 25.4 Å². The second-order valence-electron chi connectivity index (χ2n) is 21.4. The second kappa shape index (κ2) is 48.8. The minimum Gasteiger partial charge on any atom is -0.394 e. The molecule has 0 aromatic heterocycles. The second-order valence-corrected chi connectivity index (χ2v) is 21.4. The first-order valence-corrected chi connectivity index (χ1v) is 30.1. The Labute approximate surface area is 430 Å². The summed E-state index contributed by atoms with van der Waals surface area (Å²) in [5.41, 5.74) is 0. The number of hydrogen-bond donors (Lipinski definition) is 8. The Morgan fingerprint density at radius 1 is 0.486 bits per heavy atom. The Morgan fingerprint density at radius 3 is 1.20 bits per heavy atom. The third kappa shape index (κ3) is 36.7. The molecule has 1 aliphatic heterocycles. The van der Waals surface area contributed by atoms with Crippen molar-refractivity contribution < 1.29 is 50.0 Å². The minimum absolute atomic E-state index is 0.264. The summed E-state index contributed by atoms with van der Waals surface area (Å²) >= 11 is 0. The zero-order valence-corrected chi connectivity index (χ0v) is 45.5. The molecular formula is C59H115NO10. The average Bonchev–Trinajstić information content (AvgIpc) is 3.36. The molecule has 0 aromatic carbocycles. The Hall–Kier alpha value is -1.15. The van der Waals surface area contributed by atoms with Gasteiger partial charge < -0.3 is 50.5 Å². The normalized spacial score (nSPS) is 20.3. The van der Waals surface area contributed by atoms with Crippen LogP contribution in [0.5, 0.6) is 0 Å². The van der Waals surface area contributed by atoms with Gasteiger partial charge in [-0.15, -0.1) is 0 Å². The van der Waals surface area contributed by atoms with Crippen LogP contribution < -0.4 is 5.32 Å². The first-order valence-electron chi connectivity index (χ1n) is 30.1. The number of hydrogen-bond acceptors (Lipinski definition) is 10. The highest BCUT2D eigenvalue weighted by atomic mass is 16.7. The Kier molecular flexibility index (Phi) is 46.6. The topological polar surface area (TPSA) is 189 Å². The number of ether oxygens (including phenoxy) is 2. The zero-order chi connectivity index (χ0) is 51.1. The first kappa shape index (κ1) is 66.9. The first-order chi connectivity index (χ1) is 34.2. The summed E-state index contributed by atoms with van der Waals surface area (Å²) in [6.07, 6.45) is 45.7. The molecule has 11 heteroatoms. The maximum absolute atomic E-state index is 13.2. The predicted octanol–water partition coefficient (Wildman–Crippen LogP) is 12.7. The van der Waals surface area contributed by atoms with Crippen LogP contribution in [0.25, 0.3) is 0 Å². The number of aliphatic hydroxyl groups excluding tert-OH is 7. The van der Waals surface area contributed by atoms with E-state index in [-0.39, 0.29) is 6.42 Å². The van der Waals surface area contributed by atoms with E-state index < -0.39 is 74.2 Å². The summed E-state index contributed by atoms with van der Waals surface area (Å²) < 4.78 is 11.1. The van der Waals surface area contributed by atoms with E-state index >= 15 is 0 Å². The van der Waals surface area contributed by atoms with Gasteiger partial charge in [0.15, 0.2) is 6.29 Å². The van der Waals surface area contributed by atoms with Gasteiger partial charge in [-0.05, 0) is 38.5 Å². The summed E-state index contributed by atoms with van der Waals surface area (Å²) in [6.45, 7) is 3.48. The van der Waals surface area contributed by atoms with Crippen LogP contribution in [-0.2, 0) is 14.3 Å². The van der Waals surface area contributed by atoms with Crippen LogP contribution in [0.4, 0.5) is 0 Å². The van der Waals surface area contributed by atoms with Crippen molar-refractivity contribution in [1.29, 1.82) is 0 Å². The van der Waals surface area contributed by atoms with Crippen molar-refractivity contribution in [3.8, 4) is 0 Å². The molecule has 1 saturated heterocycles. The van der Waals surface area contributed by atoms with Gasteiger partial charge in [-0.25, -0.2) is 0 Å². The quantitative estimate of drug-likeness (QED) is 0.0215. The van der Waals surface area contributed by atoms with Crippen molar-refractivity contribution in [2.75, 3.05) is 13.2 Å². The largest absolute Gasteiger partial charge is 0.394 e. The summed E-state index contributed by atoms with van der Waals surface area (Å²) in [5.74, 6) is -0.692. The van der Waals surface area contributed by atoms with E-state index in [4.69, 9.17) is 9.47 Å². The van der Waals surface area contributed by atoms with E-state index in [0.29, 0.717) is 19.3 Å². The molecule has 9 unspecified atom stereocenters. The van der Waals surface area contributed by atoms with Crippen molar-refractivity contribution in [2.45, 2.75) is 345 Å². The lowest BCUT2D eigenvalue weighted by atomic mass is 9.98. The van der Waals surface area contributed by atoms with E-state index in [9.17, 15) is 40.5 Å². The number of unbranched alkanes of at least 4 members (excludes halogenated alkanes) is 38. The predicted molar refractivity (Wildman–Crippen MR) is 289 cm³/mol. The monoisotopic (exact) mass is 998 g/mol. The van der Waals surface area contributed by atoms with Gasteiger partial charge in [-0.3, -0.25) is 4.79 Å². The standard InChI is InChI=1S/C59H115NO10/c1-3-5-7-9-11-13-15-17-18-19-20-21-22-23-24-25-26-27-28-29-30-31-32-33-35-37-39-41-43-45-47-52(63)58(68)60-50(49-69-59-57(67)56(66)55(65)53(48-61)70-59)54(64)51(62)46-44-42-40-38-36-34-16-14-12-10-8-6-4-2/h23-24,50-57,59,61-67H,3-22,25-49H2,1-2H3,(H,60,68)/b24-23-. The van der Waals surface area contributed by atoms with Gasteiger partial charge in [0, 0.05) is 0 Å². The zero-order valence-electron chi connectivity index (χ0n) is 45.5. The van der Waals surface area contributed by atoms with Gasteiger partial charge in [0.25, 0.3) is 0 Å². The molecule has 70 heavy (non-hydrogen) atoms. The highest BCUT2D eigenvalue weighted by Gasteiger charge is 2.44. The van der Waals surface area contributed by atoms with Crippen molar-refractivity contribution in [3.63, 3.8) is 0 Å². The van der Waals surface area contributed by atoms with Crippen molar-refractivity contribution in [2.24, 2.45) is 0 Å². The summed E-state index contributed by atoms with van der Waals surface area (Å²) in [6, 6.07) is -1.16. The van der Waals surface area contributed by atoms with Crippen LogP contribution in [0.2, 0.25) is 0 Å². The number of carbonyl (C=O) groups excluding carboxylic acids is 1. The van der Waals surface area contributed by atoms with Gasteiger partial charge >= 0.3 is 0 Å². The molecule has 0 aromatic rings. The van der Waals surface area contributed by atoms with Crippen LogP contribution in [0.3, 0.4) is 0 Å². The number of amides is 1. The Balaban J connectivity index is 2.20. The van der Waals surface area contributed by atoms with Gasteiger partial charge in [0.1, 0.15) is 36.6 Å². The molecule has 1 fully saturated rings. The summed E-state index contributed by atoms with van der Waals surface area (Å²) in [5, 5.41) is 76.1. The average molecular weight is 999 g/mol. The van der Waals surface area contributed by atoms with Gasteiger partial charge in [-0.1, -0.05) is 264 Å². The lowest BCUT2D eigenvalue weighted by Crippen LogP contribution is -2.60. The highest BCUT2D eigenvalue weighted by Crippen LogP contribution is 2.24. The fourth-order valence-electron chi connectivity index (χ4n) is 9.91. The summed E-state index contributed by atoms with van der Waals surface area (Å²) in [7, 11) is 0. The Morgan fingerprint density at radius 2 is 0.829 bits per heavy atom. The summed E-state index contributed by atoms with van der Waals surface area (Å²) in [4.78, 5) is 13.2. The number of allylic oxidation sites excluding steroid dienone is 2. The molecule has 0 saturated carbocycles. The smallest absolute Gasteiger partial charge is 0.249 e. The third-order valence-electron chi connectivity index (χ3n) is 14.8. The molecule has 1 heterocycles. The van der Waals surface area contributed by atoms with Crippen molar-refractivity contribution >= 4 is 5.91 Å². The lowest BCUT2D eigenvalue weighted by molar-refractivity contribution is -0.303. The minimum atomic E-state index is -1.66. The maximum Gasteiger partial charge on any atom is 0.249 e. The molecule has 0 bridgehead atoms. The Bertz CT molecular complexity index is 1140. The van der Waals surface area contributed by atoms with Gasteiger partial charge in [0.2, 0.25) is 5.91 Å². The van der Waals surface area contributed by atoms with E-state index in [1.165, 1.54) is 212 Å². The van der Waals surface area contributed by atoms with Gasteiger partial charge in [-0.2, -0.15) is 0 Å². The number of nitrogens with one attached hydrogen (secondary N) is 1. The van der Waals surface area contributed by atoms with Crippen LogP contribution in [0.15, 0.2) is 12.2 Å². The highest BCUT2D eigenvalue weighted by molar-refractivity contribution is 5.80. The van der Waals surface area contributed by atoms with E-state index in [1.807, 2.05) is 0 Å². The number of aliphatic hydroxyl groups is 7. The molecule has 1 rings (SSSR count). The van der Waals surface area contributed by atoms with Crippen molar-refractivity contribution in [3.05, 3.63) is 12.2 Å². The van der Waals surface area contributed by atoms with Crippen molar-refractivity contribution in [1.82, 2.24) is 5.32 Å². The number of carbonyl (C=O) groups is 1.